The molecule has 350 valence electrons. The van der Waals surface area contributed by atoms with Crippen LogP contribution in [-0.4, -0.2) is 77.0 Å². The van der Waals surface area contributed by atoms with Gasteiger partial charge in [-0.15, -0.1) is 0 Å². The van der Waals surface area contributed by atoms with E-state index >= 15 is 0 Å². The second kappa shape index (κ2) is 16.3. The Morgan fingerprint density at radius 2 is 0.797 bits per heavy atom. The van der Waals surface area contributed by atoms with Gasteiger partial charge in [-0.3, -0.25) is 48.9 Å². The quantitative estimate of drug-likeness (QED) is 0.0567. The van der Waals surface area contributed by atoms with Crippen molar-refractivity contribution in [2.75, 3.05) is 0 Å². The van der Waals surface area contributed by atoms with Crippen molar-refractivity contribution in [2.24, 2.45) is 30.0 Å². The standard InChI is InChI=1S/C44H42N12O10Si3/c1-7-67(8-2,9-3)65-69(66-68(10-4,11-5)12-6)51-42-31-19-15-27(55(61)62)23-35(31)43(51)47-37-29-17-13-25(53(57)58)21-33(29)39(45-37)49-41-32-20-16-28(56(63)64)24-36(32)44(52(41)69)48-38-30-18-14-26(54(59)60)22-34(30)40(46-38)50-42/h13-24H,7-12H2,1-6H3. The number of aromatic nitrogens is 2. The topological polar surface area (TPSA) is 275 Å². The van der Waals surface area contributed by atoms with Crippen molar-refractivity contribution >= 4 is 105 Å². The van der Waals surface area contributed by atoms with Crippen LogP contribution in [0, 0.1) is 40.5 Å². The lowest BCUT2D eigenvalue weighted by atomic mass is 10.1. The minimum absolute atomic E-state index is 0.0228. The maximum Gasteiger partial charge on any atom is 0.582 e. The van der Waals surface area contributed by atoms with Crippen LogP contribution in [0.4, 0.5) is 34.4 Å². The fourth-order valence-corrected chi connectivity index (χ4v) is 24.7. The first-order valence-electron chi connectivity index (χ1n) is 22.5. The highest BCUT2D eigenvalue weighted by molar-refractivity contribution is 6.89. The molecule has 25 heteroatoms. The molecular formula is C44H42N12O10Si3. The van der Waals surface area contributed by atoms with Gasteiger partial charge in [-0.05, 0) is 60.5 Å². The molecule has 4 aliphatic heterocycles. The van der Waals surface area contributed by atoms with Crippen molar-refractivity contribution in [3.8, 4) is 0 Å². The zero-order valence-electron chi connectivity index (χ0n) is 38.1. The summed E-state index contributed by atoms with van der Waals surface area (Å²) >= 11 is 0. The summed E-state index contributed by atoms with van der Waals surface area (Å²) in [6.45, 7) is 12.4. The molecule has 4 aromatic carbocycles. The third-order valence-electron chi connectivity index (χ3n) is 14.0. The van der Waals surface area contributed by atoms with E-state index in [0.717, 1.165) is 0 Å². The molecular weight excluding hydrogens is 941 g/mol. The molecule has 6 heterocycles. The van der Waals surface area contributed by atoms with Gasteiger partial charge in [-0.2, -0.15) is 0 Å². The Labute approximate surface area is 394 Å². The number of amidine groups is 4. The number of hydrogen-bond donors (Lipinski definition) is 0. The highest BCUT2D eigenvalue weighted by Gasteiger charge is 2.59. The van der Waals surface area contributed by atoms with Crippen molar-refractivity contribution in [3.63, 3.8) is 0 Å². The predicted molar refractivity (Wildman–Crippen MR) is 264 cm³/mol. The molecule has 0 fully saturated rings. The molecule has 22 nitrogen and oxygen atoms in total. The molecule has 4 aliphatic rings. The van der Waals surface area contributed by atoms with Crippen LogP contribution in [-0.2, 0) is 8.23 Å². The van der Waals surface area contributed by atoms with E-state index in [9.17, 15) is 40.5 Å². The maximum atomic E-state index is 12.7. The van der Waals surface area contributed by atoms with E-state index in [-0.39, 0.29) is 90.6 Å². The van der Waals surface area contributed by atoms with Gasteiger partial charge < -0.3 is 8.23 Å². The Balaban J connectivity index is 1.57. The van der Waals surface area contributed by atoms with E-state index in [1.807, 2.05) is 0 Å². The Morgan fingerprint density at radius 3 is 1.26 bits per heavy atom. The molecule has 0 saturated carbocycles. The first-order chi connectivity index (χ1) is 33.1. The molecule has 69 heavy (non-hydrogen) atoms. The smallest absolute Gasteiger partial charge is 0.404 e. The fraction of sp³-hybridized carbons (Fsp3) is 0.273. The molecule has 0 unspecified atom stereocenters. The van der Waals surface area contributed by atoms with Gasteiger partial charge in [0.25, 0.3) is 22.7 Å². The first-order valence-corrected chi connectivity index (χ1v) is 29.3. The van der Waals surface area contributed by atoms with E-state index < -0.39 is 45.2 Å². The Hall–Kier alpha value is -7.59. The molecule has 10 rings (SSSR count). The number of aliphatic imine (C=N–C) groups is 4. The van der Waals surface area contributed by atoms with Crippen LogP contribution in [0.1, 0.15) is 63.8 Å². The number of fused-ring (bicyclic) bond motifs is 14. The molecule has 0 saturated heterocycles. The molecule has 0 radical (unpaired) electrons. The van der Waals surface area contributed by atoms with Crippen molar-refractivity contribution in [1.29, 1.82) is 0 Å². The van der Waals surface area contributed by atoms with E-state index in [1.165, 1.54) is 60.7 Å². The van der Waals surface area contributed by atoms with Gasteiger partial charge in [-0.25, -0.2) is 30.0 Å². The largest absolute Gasteiger partial charge is 0.582 e. The molecule has 0 spiro atoms. The molecule has 2 aromatic heterocycles. The summed E-state index contributed by atoms with van der Waals surface area (Å²) < 4.78 is 20.0. The van der Waals surface area contributed by atoms with Gasteiger partial charge in [-0.1, -0.05) is 41.5 Å². The van der Waals surface area contributed by atoms with Crippen molar-refractivity contribution in [2.45, 2.75) is 77.8 Å². The van der Waals surface area contributed by atoms with Gasteiger partial charge in [0.2, 0.25) is 0 Å². The van der Waals surface area contributed by atoms with Gasteiger partial charge in [0.1, 0.15) is 22.6 Å². The molecule has 0 aliphatic carbocycles. The highest BCUT2D eigenvalue weighted by Crippen LogP contribution is 2.47. The third kappa shape index (κ3) is 6.78. The summed E-state index contributed by atoms with van der Waals surface area (Å²) in [7, 11) is -10.9. The number of nitrogens with zero attached hydrogens (tertiary/aromatic N) is 12. The first kappa shape index (κ1) is 45.2. The van der Waals surface area contributed by atoms with Crippen molar-refractivity contribution in [3.05, 3.63) is 146 Å². The van der Waals surface area contributed by atoms with Crippen LogP contribution in [0.15, 0.2) is 103 Å². The SMILES string of the molecule is CC[Si](CC)(CC)O[Si]1(O[Si](CC)(CC)CC)n2c3c4cc([N+](=O)[O-])ccc4c2N=C2N=C(N=c4c5cc([N+](=O)[O-])ccc5c(n41)=NC1=NC(=N3)c3ccc([N+](=O)[O-])cc31)c1ccc([N+](=O)[O-])cc12. The molecule has 0 amide bonds. The lowest BCUT2D eigenvalue weighted by Gasteiger charge is -2.45. The van der Waals surface area contributed by atoms with Gasteiger partial charge in [0.05, 0.1) is 19.7 Å². The summed E-state index contributed by atoms with van der Waals surface area (Å²) in [6, 6.07) is 20.6. The lowest BCUT2D eigenvalue weighted by molar-refractivity contribution is -0.385. The minimum atomic E-state index is -4.86. The normalized spacial score (nSPS) is 15.3. The van der Waals surface area contributed by atoms with Crippen LogP contribution < -0.4 is 11.0 Å². The Morgan fingerprint density at radius 1 is 0.435 bits per heavy atom. The van der Waals surface area contributed by atoms with Crippen molar-refractivity contribution in [1.82, 2.24) is 8.47 Å². The van der Waals surface area contributed by atoms with Crippen LogP contribution in [0.5, 0.6) is 0 Å². The summed E-state index contributed by atoms with van der Waals surface area (Å²) in [5.74, 6) is 0.425. The number of nitro groups is 4. The number of hydrogen-bond acceptors (Lipinski definition) is 16. The second-order valence-electron chi connectivity index (χ2n) is 17.1. The number of rotatable bonds is 14. The van der Waals surface area contributed by atoms with E-state index in [1.54, 1.807) is 20.6 Å². The molecule has 6 bridgehead atoms. The second-order valence-corrected chi connectivity index (χ2v) is 29.7. The Bertz CT molecular complexity index is 3550. The minimum Gasteiger partial charge on any atom is -0.404 e. The number of nitro benzene ring substituents is 4. The third-order valence-corrected chi connectivity index (χ3v) is 29.3. The van der Waals surface area contributed by atoms with E-state index in [0.29, 0.717) is 58.2 Å². The van der Waals surface area contributed by atoms with Gasteiger partial charge >= 0.3 is 8.88 Å². The maximum absolute atomic E-state index is 12.7. The van der Waals surface area contributed by atoms with E-state index in [4.69, 9.17) is 38.2 Å². The molecule has 6 aromatic rings. The monoisotopic (exact) mass is 982 g/mol. The van der Waals surface area contributed by atoms with Crippen molar-refractivity contribution < 1.29 is 27.9 Å². The Kier molecular flexibility index (Phi) is 10.7. The number of non-ortho nitro benzene ring substituents is 4. The van der Waals surface area contributed by atoms with Gasteiger partial charge in [0, 0.05) is 92.3 Å². The summed E-state index contributed by atoms with van der Waals surface area (Å²) in [6.07, 6.45) is 0. The summed E-state index contributed by atoms with van der Waals surface area (Å²) in [5, 5.41) is 51.3. The predicted octanol–water partition coefficient (Wildman–Crippen LogP) is 9.05. The van der Waals surface area contributed by atoms with Crippen LogP contribution in [0.2, 0.25) is 36.3 Å². The zero-order valence-corrected chi connectivity index (χ0v) is 41.1. The lowest BCUT2D eigenvalue weighted by Crippen LogP contribution is -2.71. The molecule has 0 N–H and O–H groups in total. The van der Waals surface area contributed by atoms with Crippen LogP contribution >= 0.6 is 0 Å². The highest BCUT2D eigenvalue weighted by atomic mass is 28.5. The zero-order chi connectivity index (χ0) is 48.9. The number of benzene rings is 4. The molecule has 0 atom stereocenters. The van der Waals surface area contributed by atoms with E-state index in [2.05, 4.69) is 41.5 Å². The fourth-order valence-electron chi connectivity index (χ4n) is 9.75. The van der Waals surface area contributed by atoms with Crippen LogP contribution in [0.25, 0.3) is 21.5 Å². The van der Waals surface area contributed by atoms with Crippen LogP contribution in [0.3, 0.4) is 0 Å². The van der Waals surface area contributed by atoms with Gasteiger partial charge in [0.15, 0.2) is 40.0 Å². The summed E-state index contributed by atoms with van der Waals surface area (Å²) in [5.41, 5.74) is 0.453. The summed E-state index contributed by atoms with van der Waals surface area (Å²) in [4.78, 5) is 79.2. The average molecular weight is 983 g/mol. The average Bonchev–Trinajstić information content (AvgIpc) is 4.06.